The minimum absolute atomic E-state index is 0.194. The Kier molecular flexibility index (Phi) is 12.4. The van der Waals surface area contributed by atoms with Gasteiger partial charge in [0.2, 0.25) is 11.8 Å². The van der Waals surface area contributed by atoms with Crippen molar-refractivity contribution < 1.29 is 49.2 Å². The predicted molar refractivity (Wildman–Crippen MR) is 118 cm³/mol. The van der Waals surface area contributed by atoms with Gasteiger partial charge in [-0.25, -0.2) is 9.59 Å². The Labute approximate surface area is 201 Å². The van der Waals surface area contributed by atoms with Gasteiger partial charge in [0.15, 0.2) is 0 Å². The first-order valence-corrected chi connectivity index (χ1v) is 11.8. The molecule has 0 aromatic carbocycles. The topological polar surface area (TPSA) is 238 Å². The minimum Gasteiger partial charge on any atom is -0.480 e. The standard InChI is InChI=1S/C16H26N4O12S2/c1-15(2,7-31-19(27)28)13(25)17-9(11(21)22)5-33-34-6-10(12(23)24)18-14(26)16(3,4)8-32-20(29)30/h9-10H,5-8H2,1-4H3,(H,17,25)(H,18,26)(H,21,22)(H,23,24)/t9-,10-/m0/s1. The van der Waals surface area contributed by atoms with Crippen LogP contribution in [-0.4, -0.2) is 80.9 Å². The molecule has 18 heteroatoms. The van der Waals surface area contributed by atoms with Gasteiger partial charge in [-0.2, -0.15) is 0 Å². The van der Waals surface area contributed by atoms with E-state index in [1.54, 1.807) is 0 Å². The van der Waals surface area contributed by atoms with Gasteiger partial charge in [0.05, 0.1) is 10.8 Å². The van der Waals surface area contributed by atoms with E-state index < -0.39 is 70.1 Å². The second kappa shape index (κ2) is 13.6. The van der Waals surface area contributed by atoms with Crippen LogP contribution in [-0.2, 0) is 28.9 Å². The quantitative estimate of drug-likeness (QED) is 0.0836. The fourth-order valence-electron chi connectivity index (χ4n) is 1.85. The van der Waals surface area contributed by atoms with Crippen molar-refractivity contribution in [3.63, 3.8) is 0 Å². The summed E-state index contributed by atoms with van der Waals surface area (Å²) in [7, 11) is 1.82. The van der Waals surface area contributed by atoms with Crippen LogP contribution in [0.25, 0.3) is 0 Å². The third-order valence-electron chi connectivity index (χ3n) is 4.05. The summed E-state index contributed by atoms with van der Waals surface area (Å²) in [5, 5.41) is 41.6. The Morgan fingerprint density at radius 3 is 1.32 bits per heavy atom. The molecule has 0 spiro atoms. The van der Waals surface area contributed by atoms with Gasteiger partial charge >= 0.3 is 11.9 Å². The number of carboxylic acid groups (broad SMARTS) is 2. The molecule has 0 aliphatic heterocycles. The van der Waals surface area contributed by atoms with E-state index in [0.29, 0.717) is 0 Å². The lowest BCUT2D eigenvalue weighted by molar-refractivity contribution is -0.760. The molecule has 0 radical (unpaired) electrons. The molecule has 34 heavy (non-hydrogen) atoms. The van der Waals surface area contributed by atoms with Crippen LogP contribution in [0.5, 0.6) is 0 Å². The molecule has 0 fully saturated rings. The summed E-state index contributed by atoms with van der Waals surface area (Å²) in [4.78, 5) is 76.4. The molecule has 0 aromatic rings. The number of rotatable bonds is 17. The number of carboxylic acids is 2. The van der Waals surface area contributed by atoms with E-state index in [2.05, 4.69) is 20.3 Å². The maximum Gasteiger partial charge on any atom is 0.327 e. The lowest BCUT2D eigenvalue weighted by Crippen LogP contribution is -2.49. The highest BCUT2D eigenvalue weighted by Gasteiger charge is 2.34. The first-order chi connectivity index (χ1) is 15.5. The third-order valence-corrected chi connectivity index (χ3v) is 6.47. The molecule has 0 aliphatic rings. The van der Waals surface area contributed by atoms with Crippen LogP contribution >= 0.6 is 21.6 Å². The number of aliphatic carboxylic acids is 2. The maximum absolute atomic E-state index is 12.3. The molecular formula is C16H26N4O12S2. The van der Waals surface area contributed by atoms with E-state index in [4.69, 9.17) is 0 Å². The molecule has 2 atom stereocenters. The summed E-state index contributed by atoms with van der Waals surface area (Å²) in [6, 6.07) is -2.79. The highest BCUT2D eigenvalue weighted by Crippen LogP contribution is 2.25. The molecule has 0 rings (SSSR count). The molecule has 2 amide bonds. The van der Waals surface area contributed by atoms with Gasteiger partial charge in [0.25, 0.3) is 10.2 Å². The van der Waals surface area contributed by atoms with E-state index in [0.717, 1.165) is 21.6 Å². The van der Waals surface area contributed by atoms with Crippen LogP contribution < -0.4 is 10.6 Å². The molecule has 0 aliphatic carbocycles. The van der Waals surface area contributed by atoms with E-state index in [1.807, 2.05) is 0 Å². The number of carbonyl (C=O) groups is 4. The molecule has 0 aromatic heterocycles. The van der Waals surface area contributed by atoms with Gasteiger partial charge in [-0.3, -0.25) is 9.59 Å². The molecule has 0 saturated heterocycles. The Hall–Kier alpha value is -3.02. The third kappa shape index (κ3) is 11.7. The Bertz CT molecular complexity index is 728. The van der Waals surface area contributed by atoms with Crippen molar-refractivity contribution >= 4 is 45.3 Å². The lowest BCUT2D eigenvalue weighted by atomic mass is 9.93. The molecular weight excluding hydrogens is 504 g/mol. The summed E-state index contributed by atoms with van der Waals surface area (Å²) < 4.78 is 0. The van der Waals surface area contributed by atoms with E-state index in [9.17, 15) is 49.6 Å². The zero-order valence-corrected chi connectivity index (χ0v) is 20.3. The van der Waals surface area contributed by atoms with E-state index >= 15 is 0 Å². The summed E-state index contributed by atoms with van der Waals surface area (Å²) in [5.74, 6) is -4.77. The number of carbonyl (C=O) groups excluding carboxylic acids is 2. The van der Waals surface area contributed by atoms with Crippen molar-refractivity contribution in [1.29, 1.82) is 0 Å². The van der Waals surface area contributed by atoms with Gasteiger partial charge in [0, 0.05) is 11.5 Å². The molecule has 0 unspecified atom stereocenters. The maximum atomic E-state index is 12.3. The molecule has 194 valence electrons. The average Bonchev–Trinajstić information content (AvgIpc) is 2.71. The van der Waals surface area contributed by atoms with Crippen LogP contribution in [0, 0.1) is 31.1 Å². The van der Waals surface area contributed by atoms with Crippen LogP contribution in [0.1, 0.15) is 27.7 Å². The van der Waals surface area contributed by atoms with Crippen molar-refractivity contribution in [2.75, 3.05) is 24.7 Å². The van der Waals surface area contributed by atoms with Gasteiger partial charge in [-0.1, -0.05) is 21.6 Å². The van der Waals surface area contributed by atoms with E-state index in [1.165, 1.54) is 27.7 Å². The van der Waals surface area contributed by atoms with Crippen molar-refractivity contribution in [1.82, 2.24) is 10.6 Å². The zero-order valence-electron chi connectivity index (χ0n) is 18.7. The number of hydrogen-bond acceptors (Lipinski definition) is 12. The second-order valence-electron chi connectivity index (χ2n) is 8.06. The average molecular weight is 531 g/mol. The van der Waals surface area contributed by atoms with Crippen molar-refractivity contribution in [3.05, 3.63) is 20.2 Å². The summed E-state index contributed by atoms with van der Waals surface area (Å²) in [6.07, 6.45) is 0. The van der Waals surface area contributed by atoms with Crippen molar-refractivity contribution in [2.24, 2.45) is 10.8 Å². The SMILES string of the molecule is CC(C)(CO[N+](=O)[O-])C(=O)N[C@@H](CSSC[C@H](NC(=O)C(C)(C)CO[N+](=O)[O-])C(=O)O)C(=O)O. The van der Waals surface area contributed by atoms with Gasteiger partial charge in [-0.05, 0) is 27.7 Å². The molecule has 0 bridgehead atoms. The molecule has 16 nitrogen and oxygen atoms in total. The van der Waals surface area contributed by atoms with Gasteiger partial charge < -0.3 is 30.5 Å². The Balaban J connectivity index is 4.83. The number of nitrogens with zero attached hydrogens (tertiary/aromatic N) is 2. The largest absolute Gasteiger partial charge is 0.480 e. The summed E-state index contributed by atoms with van der Waals surface area (Å²) in [5.41, 5.74) is -2.80. The van der Waals surface area contributed by atoms with Crippen LogP contribution in [0.4, 0.5) is 0 Å². The Morgan fingerprint density at radius 1 is 0.794 bits per heavy atom. The van der Waals surface area contributed by atoms with Gasteiger partial charge in [0.1, 0.15) is 25.3 Å². The van der Waals surface area contributed by atoms with Crippen LogP contribution in [0.15, 0.2) is 0 Å². The normalized spacial score (nSPS) is 13.2. The molecule has 0 saturated carbocycles. The Morgan fingerprint density at radius 2 is 1.09 bits per heavy atom. The smallest absolute Gasteiger partial charge is 0.327 e. The second-order valence-corrected chi connectivity index (χ2v) is 10.6. The highest BCUT2D eigenvalue weighted by atomic mass is 33.1. The fourth-order valence-corrected chi connectivity index (χ4v) is 4.16. The number of amides is 2. The van der Waals surface area contributed by atoms with Crippen molar-refractivity contribution in [2.45, 2.75) is 39.8 Å². The first-order valence-electron chi connectivity index (χ1n) is 9.36. The van der Waals surface area contributed by atoms with Gasteiger partial charge in [-0.15, -0.1) is 20.2 Å². The number of hydrogen-bond donors (Lipinski definition) is 4. The van der Waals surface area contributed by atoms with E-state index in [-0.39, 0.29) is 11.5 Å². The van der Waals surface area contributed by atoms with Crippen LogP contribution in [0.2, 0.25) is 0 Å². The number of nitrogens with one attached hydrogen (secondary N) is 2. The highest BCUT2D eigenvalue weighted by molar-refractivity contribution is 8.76. The molecule has 4 N–H and O–H groups in total. The predicted octanol–water partition coefficient (Wildman–Crippen LogP) is -0.0244. The monoisotopic (exact) mass is 530 g/mol. The molecule has 0 heterocycles. The fraction of sp³-hybridized carbons (Fsp3) is 0.750. The zero-order chi connectivity index (χ0) is 26.7. The summed E-state index contributed by atoms with van der Waals surface area (Å²) >= 11 is 0. The van der Waals surface area contributed by atoms with Crippen molar-refractivity contribution in [3.8, 4) is 0 Å². The lowest BCUT2D eigenvalue weighted by Gasteiger charge is -2.25. The minimum atomic E-state index is -1.40. The first kappa shape index (κ1) is 31.0. The summed E-state index contributed by atoms with van der Waals surface area (Å²) in [6.45, 7) is 4.11. The van der Waals surface area contributed by atoms with Crippen LogP contribution in [0.3, 0.4) is 0 Å².